The summed E-state index contributed by atoms with van der Waals surface area (Å²) < 4.78 is 0. The van der Waals surface area contributed by atoms with Crippen LogP contribution in [0.2, 0.25) is 0 Å². The molecule has 2 saturated carbocycles. The zero-order valence-electron chi connectivity index (χ0n) is 13.4. The second-order valence-electron chi connectivity index (χ2n) is 7.44. The summed E-state index contributed by atoms with van der Waals surface area (Å²) in [5.41, 5.74) is 6.14. The molecule has 0 aromatic rings. The van der Waals surface area contributed by atoms with Gasteiger partial charge >= 0.3 is 0 Å². The maximum absolute atomic E-state index is 12.7. The summed E-state index contributed by atoms with van der Waals surface area (Å²) in [5.74, 6) is 1.04. The van der Waals surface area contributed by atoms with E-state index in [-0.39, 0.29) is 5.41 Å². The molecular formula is C17H32N2O. The third-order valence-corrected chi connectivity index (χ3v) is 5.13. The minimum absolute atomic E-state index is 0.111. The average Bonchev–Trinajstić information content (AvgIpc) is 3.24. The van der Waals surface area contributed by atoms with Gasteiger partial charge in [0.2, 0.25) is 5.91 Å². The van der Waals surface area contributed by atoms with Crippen molar-refractivity contribution >= 4 is 5.91 Å². The van der Waals surface area contributed by atoms with Crippen LogP contribution >= 0.6 is 0 Å². The lowest BCUT2D eigenvalue weighted by atomic mass is 9.71. The van der Waals surface area contributed by atoms with Crippen LogP contribution in [0.3, 0.4) is 0 Å². The Bertz CT molecular complexity index is 317. The molecule has 0 spiro atoms. The van der Waals surface area contributed by atoms with Gasteiger partial charge in [0.15, 0.2) is 0 Å². The Morgan fingerprint density at radius 1 is 1.25 bits per heavy atom. The van der Waals surface area contributed by atoms with Crippen molar-refractivity contribution in [3.05, 3.63) is 0 Å². The van der Waals surface area contributed by atoms with Crippen LogP contribution in [-0.2, 0) is 4.79 Å². The molecule has 0 atom stereocenters. The lowest BCUT2D eigenvalue weighted by Crippen LogP contribution is -2.42. The molecule has 0 aliphatic heterocycles. The van der Waals surface area contributed by atoms with E-state index in [9.17, 15) is 4.79 Å². The van der Waals surface area contributed by atoms with Gasteiger partial charge in [-0.05, 0) is 50.0 Å². The van der Waals surface area contributed by atoms with E-state index in [1.807, 2.05) is 0 Å². The number of rotatable bonds is 7. The molecule has 0 unspecified atom stereocenters. The molecule has 2 N–H and O–H groups in total. The van der Waals surface area contributed by atoms with Gasteiger partial charge in [-0.25, -0.2) is 0 Å². The van der Waals surface area contributed by atoms with Crippen LogP contribution < -0.4 is 5.73 Å². The van der Waals surface area contributed by atoms with E-state index >= 15 is 0 Å². The van der Waals surface area contributed by atoms with Crippen LogP contribution in [0.1, 0.15) is 71.6 Å². The summed E-state index contributed by atoms with van der Waals surface area (Å²) in [7, 11) is 0. The van der Waals surface area contributed by atoms with Crippen molar-refractivity contribution in [2.24, 2.45) is 17.1 Å². The first-order chi connectivity index (χ1) is 9.56. The molecule has 0 radical (unpaired) electrons. The maximum atomic E-state index is 12.7. The fourth-order valence-corrected chi connectivity index (χ4v) is 3.47. The van der Waals surface area contributed by atoms with Crippen LogP contribution in [0.15, 0.2) is 0 Å². The van der Waals surface area contributed by atoms with Crippen LogP contribution in [0.25, 0.3) is 0 Å². The van der Waals surface area contributed by atoms with E-state index in [0.717, 1.165) is 25.8 Å². The van der Waals surface area contributed by atoms with Gasteiger partial charge in [0.05, 0.1) is 0 Å². The predicted octanol–water partition coefficient (Wildman–Crippen LogP) is 3.32. The van der Waals surface area contributed by atoms with Crippen LogP contribution in [0.5, 0.6) is 0 Å². The Kier molecular flexibility index (Phi) is 5.48. The smallest absolute Gasteiger partial charge is 0.223 e. The standard InChI is InChI=1S/C17H32N2O/c1-14(2)8-11-19(15-6-7-15)16(20)12-17(13-18)9-4-3-5-10-17/h14-15H,3-13,18H2,1-2H3. The highest BCUT2D eigenvalue weighted by atomic mass is 16.2. The van der Waals surface area contributed by atoms with Gasteiger partial charge in [0.1, 0.15) is 0 Å². The Hall–Kier alpha value is -0.570. The highest BCUT2D eigenvalue weighted by Gasteiger charge is 2.38. The topological polar surface area (TPSA) is 46.3 Å². The van der Waals surface area contributed by atoms with E-state index in [1.54, 1.807) is 0 Å². The predicted molar refractivity (Wildman–Crippen MR) is 83.4 cm³/mol. The normalized spacial score (nSPS) is 22.0. The lowest BCUT2D eigenvalue weighted by molar-refractivity contribution is -0.135. The molecule has 0 aromatic heterocycles. The van der Waals surface area contributed by atoms with Crippen molar-refractivity contribution in [1.82, 2.24) is 4.90 Å². The van der Waals surface area contributed by atoms with Crippen LogP contribution in [0, 0.1) is 11.3 Å². The van der Waals surface area contributed by atoms with Crippen molar-refractivity contribution in [3.8, 4) is 0 Å². The van der Waals surface area contributed by atoms with Crippen molar-refractivity contribution < 1.29 is 4.79 Å². The van der Waals surface area contributed by atoms with Gasteiger partial charge in [-0.1, -0.05) is 33.1 Å². The van der Waals surface area contributed by atoms with E-state index in [2.05, 4.69) is 18.7 Å². The monoisotopic (exact) mass is 280 g/mol. The zero-order valence-corrected chi connectivity index (χ0v) is 13.4. The Morgan fingerprint density at radius 2 is 1.90 bits per heavy atom. The number of carbonyl (C=O) groups is 1. The van der Waals surface area contributed by atoms with E-state index in [0.29, 0.717) is 30.8 Å². The Labute approximate surface area is 124 Å². The minimum atomic E-state index is 0.111. The molecule has 2 rings (SSSR count). The molecule has 116 valence electrons. The first-order valence-electron chi connectivity index (χ1n) is 8.56. The summed E-state index contributed by atoms with van der Waals surface area (Å²) in [6.07, 6.45) is 10.3. The molecule has 1 amide bonds. The number of nitrogens with two attached hydrogens (primary N) is 1. The lowest BCUT2D eigenvalue weighted by Gasteiger charge is -2.37. The van der Waals surface area contributed by atoms with Crippen molar-refractivity contribution in [1.29, 1.82) is 0 Å². The molecule has 20 heavy (non-hydrogen) atoms. The molecule has 3 nitrogen and oxygen atoms in total. The molecule has 0 heterocycles. The Morgan fingerprint density at radius 3 is 2.40 bits per heavy atom. The van der Waals surface area contributed by atoms with E-state index in [1.165, 1.54) is 32.1 Å². The number of carbonyl (C=O) groups excluding carboxylic acids is 1. The maximum Gasteiger partial charge on any atom is 0.223 e. The average molecular weight is 280 g/mol. The number of amides is 1. The molecule has 0 bridgehead atoms. The van der Waals surface area contributed by atoms with E-state index < -0.39 is 0 Å². The zero-order chi connectivity index (χ0) is 14.6. The van der Waals surface area contributed by atoms with Crippen LogP contribution in [-0.4, -0.2) is 29.9 Å². The summed E-state index contributed by atoms with van der Waals surface area (Å²) in [6.45, 7) is 6.10. The molecule has 2 fully saturated rings. The van der Waals surface area contributed by atoms with Gasteiger partial charge in [-0.15, -0.1) is 0 Å². The van der Waals surface area contributed by atoms with Gasteiger partial charge in [0, 0.05) is 19.0 Å². The molecule has 2 aliphatic carbocycles. The molecule has 0 aromatic carbocycles. The summed E-state index contributed by atoms with van der Waals surface area (Å²) in [4.78, 5) is 14.9. The largest absolute Gasteiger partial charge is 0.340 e. The second-order valence-corrected chi connectivity index (χ2v) is 7.44. The van der Waals surface area contributed by atoms with Crippen molar-refractivity contribution in [2.45, 2.75) is 77.7 Å². The molecule has 2 aliphatic rings. The quantitative estimate of drug-likeness (QED) is 0.777. The fraction of sp³-hybridized carbons (Fsp3) is 0.941. The Balaban J connectivity index is 1.92. The number of nitrogens with zero attached hydrogens (tertiary/aromatic N) is 1. The third kappa shape index (κ3) is 4.21. The first kappa shape index (κ1) is 15.8. The van der Waals surface area contributed by atoms with Gasteiger partial charge in [-0.3, -0.25) is 4.79 Å². The molecular weight excluding hydrogens is 248 g/mol. The first-order valence-corrected chi connectivity index (χ1v) is 8.56. The summed E-state index contributed by atoms with van der Waals surface area (Å²) in [6, 6.07) is 0.541. The van der Waals surface area contributed by atoms with Gasteiger partial charge in [-0.2, -0.15) is 0 Å². The van der Waals surface area contributed by atoms with Gasteiger partial charge in [0.25, 0.3) is 0 Å². The molecule has 0 saturated heterocycles. The molecule has 3 heteroatoms. The van der Waals surface area contributed by atoms with Gasteiger partial charge < -0.3 is 10.6 Å². The fourth-order valence-electron chi connectivity index (χ4n) is 3.47. The summed E-state index contributed by atoms with van der Waals surface area (Å²) >= 11 is 0. The highest BCUT2D eigenvalue weighted by molar-refractivity contribution is 5.77. The SMILES string of the molecule is CC(C)CCN(C(=O)CC1(CN)CCCCC1)C1CC1. The number of hydrogen-bond acceptors (Lipinski definition) is 2. The van der Waals surface area contributed by atoms with Crippen LogP contribution in [0.4, 0.5) is 0 Å². The second kappa shape index (κ2) is 6.93. The number of hydrogen-bond donors (Lipinski definition) is 1. The van der Waals surface area contributed by atoms with Crippen molar-refractivity contribution in [3.63, 3.8) is 0 Å². The highest BCUT2D eigenvalue weighted by Crippen LogP contribution is 2.40. The van der Waals surface area contributed by atoms with E-state index in [4.69, 9.17) is 5.73 Å². The minimum Gasteiger partial charge on any atom is -0.340 e. The third-order valence-electron chi connectivity index (χ3n) is 5.13. The summed E-state index contributed by atoms with van der Waals surface area (Å²) in [5, 5.41) is 0. The van der Waals surface area contributed by atoms with Crippen molar-refractivity contribution in [2.75, 3.05) is 13.1 Å².